The summed E-state index contributed by atoms with van der Waals surface area (Å²) < 4.78 is 11.1. The molecular formula is C20H24N2O5. The fourth-order valence-corrected chi connectivity index (χ4v) is 3.03. The fourth-order valence-electron chi connectivity index (χ4n) is 3.03. The molecule has 7 heteroatoms. The second-order valence-corrected chi connectivity index (χ2v) is 6.81. The van der Waals surface area contributed by atoms with E-state index in [1.165, 1.54) is 0 Å². The molecule has 0 bridgehead atoms. The second kappa shape index (κ2) is 7.82. The van der Waals surface area contributed by atoms with Crippen LogP contribution in [0.1, 0.15) is 36.5 Å². The van der Waals surface area contributed by atoms with Crippen molar-refractivity contribution in [3.63, 3.8) is 0 Å². The van der Waals surface area contributed by atoms with Crippen LogP contribution in [0.2, 0.25) is 0 Å². The SMILES string of the molecule is CCC1=NOC(CNC(=O)COc2cc(C)cc3oc(=O)c(C)c(C)c23)C1. The van der Waals surface area contributed by atoms with Crippen molar-refractivity contribution in [3.8, 4) is 5.75 Å². The monoisotopic (exact) mass is 372 g/mol. The first-order valence-corrected chi connectivity index (χ1v) is 9.04. The topological polar surface area (TPSA) is 90.1 Å². The molecular weight excluding hydrogens is 348 g/mol. The highest BCUT2D eigenvalue weighted by Crippen LogP contribution is 2.30. The quantitative estimate of drug-likeness (QED) is 0.788. The lowest BCUT2D eigenvalue weighted by Crippen LogP contribution is -2.35. The average molecular weight is 372 g/mol. The molecule has 0 aliphatic carbocycles. The number of oxime groups is 1. The van der Waals surface area contributed by atoms with E-state index in [0.29, 0.717) is 28.8 Å². The lowest BCUT2D eigenvalue weighted by atomic mass is 10.0. The number of ether oxygens (including phenoxy) is 1. The molecule has 0 fully saturated rings. The van der Waals surface area contributed by atoms with Crippen LogP contribution < -0.4 is 15.7 Å². The molecule has 1 aromatic heterocycles. The van der Waals surface area contributed by atoms with E-state index in [-0.39, 0.29) is 24.2 Å². The number of rotatable bonds is 6. The number of hydrogen-bond donors (Lipinski definition) is 1. The van der Waals surface area contributed by atoms with Crippen LogP contribution in [-0.4, -0.2) is 30.9 Å². The van der Waals surface area contributed by atoms with Crippen molar-refractivity contribution in [2.24, 2.45) is 5.16 Å². The minimum atomic E-state index is -0.362. The lowest BCUT2D eigenvalue weighted by Gasteiger charge is -2.14. The van der Waals surface area contributed by atoms with E-state index in [1.807, 2.05) is 26.8 Å². The molecule has 144 valence electrons. The van der Waals surface area contributed by atoms with Crippen molar-refractivity contribution >= 4 is 22.6 Å². The van der Waals surface area contributed by atoms with Crippen LogP contribution in [0.5, 0.6) is 5.75 Å². The molecule has 27 heavy (non-hydrogen) atoms. The minimum Gasteiger partial charge on any atom is -0.483 e. The molecule has 1 unspecified atom stereocenters. The number of fused-ring (bicyclic) bond motifs is 1. The van der Waals surface area contributed by atoms with Gasteiger partial charge < -0.3 is 19.3 Å². The van der Waals surface area contributed by atoms with E-state index in [9.17, 15) is 9.59 Å². The van der Waals surface area contributed by atoms with E-state index in [4.69, 9.17) is 14.0 Å². The Balaban J connectivity index is 1.67. The molecule has 1 amide bonds. The number of hydrogen-bond acceptors (Lipinski definition) is 6. The zero-order chi connectivity index (χ0) is 19.6. The summed E-state index contributed by atoms with van der Waals surface area (Å²) >= 11 is 0. The molecule has 0 radical (unpaired) electrons. The number of carbonyl (C=O) groups is 1. The van der Waals surface area contributed by atoms with Crippen LogP contribution in [0.4, 0.5) is 0 Å². The Morgan fingerprint density at radius 3 is 2.78 bits per heavy atom. The number of nitrogens with one attached hydrogen (secondary N) is 1. The molecule has 7 nitrogen and oxygen atoms in total. The van der Waals surface area contributed by atoms with Crippen LogP contribution in [0, 0.1) is 20.8 Å². The highest BCUT2D eigenvalue weighted by atomic mass is 16.6. The maximum Gasteiger partial charge on any atom is 0.339 e. The van der Waals surface area contributed by atoms with Gasteiger partial charge in [-0.1, -0.05) is 12.1 Å². The second-order valence-electron chi connectivity index (χ2n) is 6.81. The minimum absolute atomic E-state index is 0.122. The maximum absolute atomic E-state index is 12.1. The molecule has 1 aliphatic heterocycles. The normalized spacial score (nSPS) is 16.1. The number of nitrogens with zero attached hydrogens (tertiary/aromatic N) is 1. The summed E-state index contributed by atoms with van der Waals surface area (Å²) in [5, 5.41) is 7.49. The molecule has 2 aromatic rings. The number of aryl methyl sites for hydroxylation is 2. The molecule has 0 spiro atoms. The predicted octanol–water partition coefficient (Wildman–Crippen LogP) is 2.77. The first kappa shape index (κ1) is 18.9. The van der Waals surface area contributed by atoms with Crippen LogP contribution in [0.15, 0.2) is 26.5 Å². The summed E-state index contributed by atoms with van der Waals surface area (Å²) in [6.07, 6.45) is 1.46. The van der Waals surface area contributed by atoms with Crippen LogP contribution in [-0.2, 0) is 9.63 Å². The molecule has 1 N–H and O–H groups in total. The van der Waals surface area contributed by atoms with E-state index >= 15 is 0 Å². The summed E-state index contributed by atoms with van der Waals surface area (Å²) in [4.78, 5) is 29.3. The first-order valence-electron chi connectivity index (χ1n) is 9.04. The van der Waals surface area contributed by atoms with Gasteiger partial charge in [-0.2, -0.15) is 0 Å². The van der Waals surface area contributed by atoms with Crippen molar-refractivity contribution in [3.05, 3.63) is 39.2 Å². The summed E-state index contributed by atoms with van der Waals surface area (Å²) in [5.41, 5.74) is 3.31. The van der Waals surface area contributed by atoms with E-state index < -0.39 is 0 Å². The number of amides is 1. The van der Waals surface area contributed by atoms with Crippen molar-refractivity contribution in [1.82, 2.24) is 5.32 Å². The standard InChI is InChI=1S/C20H24N2O5/c1-5-14-8-15(27-22-14)9-21-18(23)10-25-16-6-11(2)7-17-19(16)12(3)13(4)20(24)26-17/h6-7,15H,5,8-10H2,1-4H3,(H,21,23). The third-order valence-electron chi connectivity index (χ3n) is 4.74. The van der Waals surface area contributed by atoms with Crippen molar-refractivity contribution in [2.75, 3.05) is 13.2 Å². The summed E-state index contributed by atoms with van der Waals surface area (Å²) in [6.45, 7) is 7.71. The maximum atomic E-state index is 12.1. The van der Waals surface area contributed by atoms with Crippen LogP contribution >= 0.6 is 0 Å². The Morgan fingerprint density at radius 1 is 1.30 bits per heavy atom. The Bertz CT molecular complexity index is 961. The Morgan fingerprint density at radius 2 is 2.07 bits per heavy atom. The molecule has 1 atom stereocenters. The van der Waals surface area contributed by atoms with Gasteiger partial charge in [0.25, 0.3) is 5.91 Å². The van der Waals surface area contributed by atoms with Crippen molar-refractivity contribution in [1.29, 1.82) is 0 Å². The molecule has 0 saturated heterocycles. The molecule has 1 aliphatic rings. The van der Waals surface area contributed by atoms with Gasteiger partial charge in [0, 0.05) is 12.0 Å². The van der Waals surface area contributed by atoms with Crippen molar-refractivity contribution in [2.45, 2.75) is 46.6 Å². The first-order chi connectivity index (χ1) is 12.9. The van der Waals surface area contributed by atoms with E-state index in [0.717, 1.165) is 29.7 Å². The molecule has 0 saturated carbocycles. The van der Waals surface area contributed by atoms with Crippen LogP contribution in [0.25, 0.3) is 11.0 Å². The molecule has 1 aromatic carbocycles. The van der Waals surface area contributed by atoms with E-state index in [1.54, 1.807) is 13.0 Å². The van der Waals surface area contributed by atoms with Gasteiger partial charge in [-0.3, -0.25) is 4.79 Å². The van der Waals surface area contributed by atoms with Crippen molar-refractivity contribution < 1.29 is 18.8 Å². The van der Waals surface area contributed by atoms with Gasteiger partial charge in [-0.05, 0) is 50.5 Å². The zero-order valence-electron chi connectivity index (χ0n) is 16.0. The summed E-state index contributed by atoms with van der Waals surface area (Å²) in [6, 6.07) is 3.63. The predicted molar refractivity (Wildman–Crippen MR) is 102 cm³/mol. The molecule has 2 heterocycles. The number of benzene rings is 1. The number of carbonyl (C=O) groups excluding carboxylic acids is 1. The Labute approximate surface area is 157 Å². The van der Waals surface area contributed by atoms with Gasteiger partial charge in [0.2, 0.25) is 0 Å². The highest BCUT2D eigenvalue weighted by molar-refractivity contribution is 5.89. The van der Waals surface area contributed by atoms with Gasteiger partial charge in [-0.15, -0.1) is 0 Å². The molecule has 3 rings (SSSR count). The van der Waals surface area contributed by atoms with Gasteiger partial charge in [0.1, 0.15) is 17.4 Å². The third kappa shape index (κ3) is 4.13. The smallest absolute Gasteiger partial charge is 0.339 e. The lowest BCUT2D eigenvalue weighted by molar-refractivity contribution is -0.123. The fraction of sp³-hybridized carbons (Fsp3) is 0.450. The summed E-state index contributed by atoms with van der Waals surface area (Å²) in [7, 11) is 0. The van der Waals surface area contributed by atoms with Gasteiger partial charge in [0.05, 0.1) is 17.6 Å². The average Bonchev–Trinajstić information content (AvgIpc) is 3.10. The third-order valence-corrected chi connectivity index (χ3v) is 4.74. The Kier molecular flexibility index (Phi) is 5.48. The van der Waals surface area contributed by atoms with Gasteiger partial charge in [0.15, 0.2) is 6.61 Å². The van der Waals surface area contributed by atoms with Crippen LogP contribution in [0.3, 0.4) is 0 Å². The van der Waals surface area contributed by atoms with Gasteiger partial charge >= 0.3 is 5.63 Å². The van der Waals surface area contributed by atoms with Gasteiger partial charge in [-0.25, -0.2) is 4.79 Å². The zero-order valence-corrected chi connectivity index (χ0v) is 16.0. The Hall–Kier alpha value is -2.83. The van der Waals surface area contributed by atoms with E-state index in [2.05, 4.69) is 10.5 Å². The largest absolute Gasteiger partial charge is 0.483 e. The highest BCUT2D eigenvalue weighted by Gasteiger charge is 2.20. The summed E-state index contributed by atoms with van der Waals surface area (Å²) in [5.74, 6) is 0.281.